The molecule has 0 saturated heterocycles. The minimum absolute atomic E-state index is 0.344. The van der Waals surface area contributed by atoms with Crippen molar-refractivity contribution in [2.75, 3.05) is 0 Å². The van der Waals surface area contributed by atoms with Gasteiger partial charge in [0.1, 0.15) is 10.3 Å². The van der Waals surface area contributed by atoms with Crippen LogP contribution in [0.5, 0.6) is 0 Å². The van der Waals surface area contributed by atoms with Crippen LogP contribution in [-0.4, -0.2) is 13.9 Å². The zero-order valence-electron chi connectivity index (χ0n) is 8.40. The van der Waals surface area contributed by atoms with Gasteiger partial charge in [-0.25, -0.2) is 4.98 Å². The summed E-state index contributed by atoms with van der Waals surface area (Å²) in [6.45, 7) is 4.17. The molecule has 0 spiro atoms. The summed E-state index contributed by atoms with van der Waals surface area (Å²) in [7, 11) is 1.83. The summed E-state index contributed by atoms with van der Waals surface area (Å²) in [5, 5.41) is 8.83. The number of hydrogen-bond donors (Lipinski definition) is 1. The predicted octanol–water partition coefficient (Wildman–Crippen LogP) is 1.63. The second-order valence-electron chi connectivity index (χ2n) is 3.61. The highest BCUT2D eigenvalue weighted by Crippen LogP contribution is 2.22. The van der Waals surface area contributed by atoms with E-state index in [1.807, 2.05) is 7.05 Å². The van der Waals surface area contributed by atoms with Gasteiger partial charge in [-0.15, -0.1) is 0 Å². The summed E-state index contributed by atoms with van der Waals surface area (Å²) in [6.07, 6.45) is 1.66. The van der Waals surface area contributed by atoms with Crippen molar-refractivity contribution in [2.24, 2.45) is 7.05 Å². The Bertz CT molecular complexity index is 523. The van der Waals surface area contributed by atoms with E-state index in [4.69, 9.17) is 5.41 Å². The van der Waals surface area contributed by atoms with Gasteiger partial charge in [-0.05, 0) is 17.5 Å². The maximum atomic E-state index is 7.93. The van der Waals surface area contributed by atoms with Crippen molar-refractivity contribution in [3.8, 4) is 0 Å². The first-order valence-electron chi connectivity index (χ1n) is 4.46. The third-order valence-electron chi connectivity index (χ3n) is 2.19. The SMILES string of the molecule is CC(C)c1nsc2ncn(C)c(=N)c12. The Labute approximate surface area is 85.9 Å². The van der Waals surface area contributed by atoms with Crippen LogP contribution in [0.25, 0.3) is 10.2 Å². The summed E-state index contributed by atoms with van der Waals surface area (Å²) >= 11 is 1.37. The standard InChI is InChI=1S/C9H12N4S/c1-5(2)7-6-8(10)13(3)4-11-9(6)14-12-7/h4-5,10H,1-3H3. The van der Waals surface area contributed by atoms with E-state index in [1.165, 1.54) is 11.5 Å². The zero-order chi connectivity index (χ0) is 10.3. The lowest BCUT2D eigenvalue weighted by atomic mass is 10.1. The first-order valence-corrected chi connectivity index (χ1v) is 5.24. The summed E-state index contributed by atoms with van der Waals surface area (Å²) in [6, 6.07) is 0. The molecule has 2 heterocycles. The molecule has 0 aliphatic rings. The molecular weight excluding hydrogens is 196 g/mol. The second-order valence-corrected chi connectivity index (χ2v) is 4.36. The van der Waals surface area contributed by atoms with Crippen LogP contribution in [0.4, 0.5) is 0 Å². The van der Waals surface area contributed by atoms with Crippen molar-refractivity contribution in [3.63, 3.8) is 0 Å². The Morgan fingerprint density at radius 1 is 1.50 bits per heavy atom. The van der Waals surface area contributed by atoms with Crippen molar-refractivity contribution >= 4 is 21.7 Å². The van der Waals surface area contributed by atoms with Crippen molar-refractivity contribution in [2.45, 2.75) is 19.8 Å². The number of hydrogen-bond acceptors (Lipinski definition) is 4. The molecule has 2 aromatic heterocycles. The van der Waals surface area contributed by atoms with Gasteiger partial charge in [0, 0.05) is 7.05 Å². The van der Waals surface area contributed by atoms with E-state index in [2.05, 4.69) is 23.2 Å². The maximum absolute atomic E-state index is 7.93. The van der Waals surface area contributed by atoms with E-state index in [0.29, 0.717) is 11.4 Å². The molecule has 14 heavy (non-hydrogen) atoms. The quantitative estimate of drug-likeness (QED) is 0.774. The molecule has 0 unspecified atom stereocenters. The van der Waals surface area contributed by atoms with E-state index in [0.717, 1.165) is 15.9 Å². The Morgan fingerprint density at radius 3 is 2.86 bits per heavy atom. The van der Waals surface area contributed by atoms with Crippen molar-refractivity contribution in [1.82, 2.24) is 13.9 Å². The van der Waals surface area contributed by atoms with Gasteiger partial charge in [0.2, 0.25) is 0 Å². The highest BCUT2D eigenvalue weighted by molar-refractivity contribution is 7.12. The Balaban J connectivity index is 2.89. The topological polar surface area (TPSA) is 54.6 Å². The molecule has 2 rings (SSSR count). The van der Waals surface area contributed by atoms with Crippen LogP contribution in [0.2, 0.25) is 0 Å². The number of fused-ring (bicyclic) bond motifs is 1. The molecule has 0 atom stereocenters. The number of nitrogens with one attached hydrogen (secondary N) is 1. The number of rotatable bonds is 1. The number of aromatic nitrogens is 3. The minimum atomic E-state index is 0.344. The van der Waals surface area contributed by atoms with E-state index in [9.17, 15) is 0 Å². The molecule has 0 aromatic carbocycles. The monoisotopic (exact) mass is 208 g/mol. The molecule has 5 heteroatoms. The summed E-state index contributed by atoms with van der Waals surface area (Å²) in [5.41, 5.74) is 1.48. The van der Waals surface area contributed by atoms with Gasteiger partial charge in [-0.1, -0.05) is 13.8 Å². The molecule has 1 N–H and O–H groups in total. The molecule has 0 aliphatic carbocycles. The Morgan fingerprint density at radius 2 is 2.21 bits per heavy atom. The molecule has 74 valence electrons. The van der Waals surface area contributed by atoms with Crippen molar-refractivity contribution in [1.29, 1.82) is 5.41 Å². The minimum Gasteiger partial charge on any atom is -0.320 e. The fourth-order valence-electron chi connectivity index (χ4n) is 1.37. The van der Waals surface area contributed by atoms with Gasteiger partial charge in [0.15, 0.2) is 0 Å². The van der Waals surface area contributed by atoms with E-state index < -0.39 is 0 Å². The highest BCUT2D eigenvalue weighted by atomic mass is 32.1. The molecule has 0 bridgehead atoms. The number of aryl methyl sites for hydroxylation is 1. The summed E-state index contributed by atoms with van der Waals surface area (Å²) < 4.78 is 6.05. The molecule has 0 amide bonds. The molecule has 0 fully saturated rings. The van der Waals surface area contributed by atoms with E-state index >= 15 is 0 Å². The molecule has 0 radical (unpaired) electrons. The second kappa shape index (κ2) is 3.16. The van der Waals surface area contributed by atoms with Crippen LogP contribution >= 0.6 is 11.5 Å². The Kier molecular flexibility index (Phi) is 2.11. The first-order chi connectivity index (χ1) is 6.61. The van der Waals surface area contributed by atoms with Crippen LogP contribution in [0, 0.1) is 5.41 Å². The molecule has 4 nitrogen and oxygen atoms in total. The third kappa shape index (κ3) is 1.24. The van der Waals surface area contributed by atoms with E-state index in [-0.39, 0.29) is 0 Å². The van der Waals surface area contributed by atoms with Gasteiger partial charge in [0.25, 0.3) is 0 Å². The van der Waals surface area contributed by atoms with Crippen LogP contribution in [-0.2, 0) is 7.05 Å². The normalized spacial score (nSPS) is 11.4. The molecule has 0 aliphatic heterocycles. The van der Waals surface area contributed by atoms with Crippen LogP contribution < -0.4 is 5.49 Å². The molecule has 2 aromatic rings. The van der Waals surface area contributed by atoms with Gasteiger partial charge < -0.3 is 4.57 Å². The van der Waals surface area contributed by atoms with Crippen molar-refractivity contribution in [3.05, 3.63) is 17.5 Å². The first kappa shape index (κ1) is 9.33. The summed E-state index contributed by atoms with van der Waals surface area (Å²) in [4.78, 5) is 5.10. The lowest BCUT2D eigenvalue weighted by molar-refractivity contribution is 0.795. The maximum Gasteiger partial charge on any atom is 0.149 e. The van der Waals surface area contributed by atoms with Crippen LogP contribution in [0.1, 0.15) is 25.5 Å². The zero-order valence-corrected chi connectivity index (χ0v) is 9.22. The van der Waals surface area contributed by atoms with Crippen LogP contribution in [0.15, 0.2) is 6.33 Å². The lowest BCUT2D eigenvalue weighted by Gasteiger charge is -2.02. The lowest BCUT2D eigenvalue weighted by Crippen LogP contribution is -2.17. The van der Waals surface area contributed by atoms with Gasteiger partial charge in [0.05, 0.1) is 17.4 Å². The smallest absolute Gasteiger partial charge is 0.149 e. The van der Waals surface area contributed by atoms with Gasteiger partial charge in [-0.2, -0.15) is 4.37 Å². The fourth-order valence-corrected chi connectivity index (χ4v) is 2.24. The molecule has 0 saturated carbocycles. The third-order valence-corrected chi connectivity index (χ3v) is 2.96. The Hall–Kier alpha value is -1.23. The van der Waals surface area contributed by atoms with Gasteiger partial charge in [-0.3, -0.25) is 5.41 Å². The predicted molar refractivity (Wildman–Crippen MR) is 56.3 cm³/mol. The largest absolute Gasteiger partial charge is 0.320 e. The van der Waals surface area contributed by atoms with Gasteiger partial charge >= 0.3 is 0 Å². The summed E-state index contributed by atoms with van der Waals surface area (Å²) in [5.74, 6) is 0.344. The fraction of sp³-hybridized carbons (Fsp3) is 0.444. The average Bonchev–Trinajstić information content (AvgIpc) is 2.55. The molecular formula is C9H12N4S. The van der Waals surface area contributed by atoms with E-state index in [1.54, 1.807) is 10.9 Å². The van der Waals surface area contributed by atoms with Crippen molar-refractivity contribution < 1.29 is 0 Å². The average molecular weight is 208 g/mol. The highest BCUT2D eigenvalue weighted by Gasteiger charge is 2.12. The van der Waals surface area contributed by atoms with Crippen LogP contribution in [0.3, 0.4) is 0 Å². The number of nitrogens with zero attached hydrogens (tertiary/aromatic N) is 3.